The van der Waals surface area contributed by atoms with Crippen LogP contribution in [0.25, 0.3) is 0 Å². The van der Waals surface area contributed by atoms with Crippen LogP contribution < -0.4 is 10.1 Å². The summed E-state index contributed by atoms with van der Waals surface area (Å²) in [4.78, 5) is 23.9. The maximum atomic E-state index is 13.0. The summed E-state index contributed by atoms with van der Waals surface area (Å²) in [6, 6.07) is 10.1. The minimum atomic E-state index is -0.411. The van der Waals surface area contributed by atoms with E-state index in [2.05, 4.69) is 5.32 Å². The third-order valence-corrected chi connectivity index (χ3v) is 3.31. The zero-order valence-electron chi connectivity index (χ0n) is 13.9. The van der Waals surface area contributed by atoms with Crippen molar-refractivity contribution >= 4 is 17.4 Å². The third kappa shape index (κ3) is 4.65. The Morgan fingerprint density at radius 2 is 1.71 bits per heavy atom. The van der Waals surface area contributed by atoms with Crippen LogP contribution in [0.2, 0.25) is 0 Å². The highest BCUT2D eigenvalue weighted by molar-refractivity contribution is 6.06. The third-order valence-electron chi connectivity index (χ3n) is 3.31. The molecule has 1 N–H and O–H groups in total. The summed E-state index contributed by atoms with van der Waals surface area (Å²) in [5.74, 6) is -0.110. The SMILES string of the molecule is CC(=O)c1ccc(OCC(C)C)c(NC(=O)c2ccc(F)cc2)c1. The zero-order chi connectivity index (χ0) is 17.7. The zero-order valence-corrected chi connectivity index (χ0v) is 13.9. The second kappa shape index (κ2) is 7.73. The van der Waals surface area contributed by atoms with E-state index in [1.807, 2.05) is 13.8 Å². The van der Waals surface area contributed by atoms with E-state index in [4.69, 9.17) is 4.74 Å². The normalized spacial score (nSPS) is 10.5. The van der Waals surface area contributed by atoms with Gasteiger partial charge in [-0.25, -0.2) is 4.39 Å². The van der Waals surface area contributed by atoms with Crippen molar-refractivity contribution in [2.75, 3.05) is 11.9 Å². The van der Waals surface area contributed by atoms with E-state index in [9.17, 15) is 14.0 Å². The van der Waals surface area contributed by atoms with Crippen molar-refractivity contribution in [3.8, 4) is 5.75 Å². The molecule has 5 heteroatoms. The van der Waals surface area contributed by atoms with Gasteiger partial charge in [-0.1, -0.05) is 13.8 Å². The number of ketones is 1. The molecule has 0 saturated carbocycles. The lowest BCUT2D eigenvalue weighted by Crippen LogP contribution is -2.14. The van der Waals surface area contributed by atoms with Crippen LogP contribution in [0.3, 0.4) is 0 Å². The van der Waals surface area contributed by atoms with Gasteiger partial charge >= 0.3 is 0 Å². The van der Waals surface area contributed by atoms with Gasteiger partial charge in [0.05, 0.1) is 12.3 Å². The lowest BCUT2D eigenvalue weighted by atomic mass is 10.1. The van der Waals surface area contributed by atoms with E-state index >= 15 is 0 Å². The number of halogens is 1. The monoisotopic (exact) mass is 329 g/mol. The van der Waals surface area contributed by atoms with Crippen molar-refractivity contribution < 1.29 is 18.7 Å². The quantitative estimate of drug-likeness (QED) is 0.803. The Kier molecular flexibility index (Phi) is 5.68. The lowest BCUT2D eigenvalue weighted by molar-refractivity contribution is 0.101. The molecule has 2 aromatic carbocycles. The number of Topliss-reactive ketones (excluding diaryl/α,β-unsaturated/α-hetero) is 1. The van der Waals surface area contributed by atoms with Crippen molar-refractivity contribution in [2.45, 2.75) is 20.8 Å². The Labute approximate surface area is 140 Å². The first kappa shape index (κ1) is 17.7. The number of anilines is 1. The summed E-state index contributed by atoms with van der Waals surface area (Å²) in [6.07, 6.45) is 0. The van der Waals surface area contributed by atoms with Gasteiger partial charge in [0, 0.05) is 11.1 Å². The first-order valence-electron chi connectivity index (χ1n) is 7.71. The number of ether oxygens (including phenoxy) is 1. The van der Waals surface area contributed by atoms with Gasteiger partial charge in [0.25, 0.3) is 5.91 Å². The van der Waals surface area contributed by atoms with E-state index in [1.165, 1.54) is 31.2 Å². The van der Waals surface area contributed by atoms with Crippen LogP contribution in [0.5, 0.6) is 5.75 Å². The van der Waals surface area contributed by atoms with Gasteiger partial charge in [0.2, 0.25) is 0 Å². The van der Waals surface area contributed by atoms with Gasteiger partial charge in [-0.15, -0.1) is 0 Å². The van der Waals surface area contributed by atoms with Crippen LogP contribution in [-0.2, 0) is 0 Å². The average molecular weight is 329 g/mol. The topological polar surface area (TPSA) is 55.4 Å². The molecule has 0 unspecified atom stereocenters. The van der Waals surface area contributed by atoms with Crippen LogP contribution in [0.15, 0.2) is 42.5 Å². The molecule has 0 spiro atoms. The number of carbonyl (C=O) groups is 2. The second-order valence-corrected chi connectivity index (χ2v) is 5.93. The van der Waals surface area contributed by atoms with Crippen molar-refractivity contribution in [3.05, 3.63) is 59.4 Å². The number of rotatable bonds is 6. The molecule has 0 heterocycles. The minimum absolute atomic E-state index is 0.109. The van der Waals surface area contributed by atoms with E-state index in [0.717, 1.165) is 0 Å². The number of hydrogen-bond acceptors (Lipinski definition) is 3. The highest BCUT2D eigenvalue weighted by Crippen LogP contribution is 2.27. The van der Waals surface area contributed by atoms with E-state index < -0.39 is 11.7 Å². The van der Waals surface area contributed by atoms with Crippen LogP contribution in [0.4, 0.5) is 10.1 Å². The first-order chi connectivity index (χ1) is 11.4. The summed E-state index contributed by atoms with van der Waals surface area (Å²) in [6.45, 7) is 5.97. The van der Waals surface area contributed by atoms with Crippen LogP contribution >= 0.6 is 0 Å². The van der Waals surface area contributed by atoms with Gasteiger partial charge in [-0.05, 0) is 55.3 Å². The molecule has 0 fully saturated rings. The smallest absolute Gasteiger partial charge is 0.255 e. The molecular weight excluding hydrogens is 309 g/mol. The minimum Gasteiger partial charge on any atom is -0.491 e. The standard InChI is InChI=1S/C19H20FNO3/c1-12(2)11-24-18-9-6-15(13(3)22)10-17(18)21-19(23)14-4-7-16(20)8-5-14/h4-10,12H,11H2,1-3H3,(H,21,23). The highest BCUT2D eigenvalue weighted by atomic mass is 19.1. The van der Waals surface area contributed by atoms with E-state index in [-0.39, 0.29) is 5.78 Å². The average Bonchev–Trinajstić information content (AvgIpc) is 2.53. The number of carbonyl (C=O) groups excluding carboxylic acids is 2. The Balaban J connectivity index is 2.27. The molecule has 24 heavy (non-hydrogen) atoms. The van der Waals surface area contributed by atoms with Gasteiger partial charge in [0.15, 0.2) is 5.78 Å². The fourth-order valence-corrected chi connectivity index (χ4v) is 2.02. The van der Waals surface area contributed by atoms with Gasteiger partial charge < -0.3 is 10.1 Å². The number of benzene rings is 2. The van der Waals surface area contributed by atoms with Crippen molar-refractivity contribution in [1.29, 1.82) is 0 Å². The van der Waals surface area contributed by atoms with E-state index in [0.29, 0.717) is 35.1 Å². The van der Waals surface area contributed by atoms with Crippen molar-refractivity contribution in [3.63, 3.8) is 0 Å². The van der Waals surface area contributed by atoms with Crippen LogP contribution in [-0.4, -0.2) is 18.3 Å². The number of nitrogens with one attached hydrogen (secondary N) is 1. The predicted octanol–water partition coefficient (Wildman–Crippen LogP) is 4.32. The van der Waals surface area contributed by atoms with Gasteiger partial charge in [-0.3, -0.25) is 9.59 Å². The summed E-state index contributed by atoms with van der Waals surface area (Å²) < 4.78 is 18.7. The molecule has 0 atom stereocenters. The fraction of sp³-hybridized carbons (Fsp3) is 0.263. The molecule has 0 aliphatic heterocycles. The molecule has 0 aromatic heterocycles. The fourth-order valence-electron chi connectivity index (χ4n) is 2.02. The summed E-state index contributed by atoms with van der Waals surface area (Å²) in [5, 5.41) is 2.73. The van der Waals surface area contributed by atoms with Crippen LogP contribution in [0, 0.1) is 11.7 Å². The van der Waals surface area contributed by atoms with Gasteiger partial charge in [-0.2, -0.15) is 0 Å². The number of hydrogen-bond donors (Lipinski definition) is 1. The lowest BCUT2D eigenvalue weighted by Gasteiger charge is -2.15. The molecule has 4 nitrogen and oxygen atoms in total. The Morgan fingerprint density at radius 1 is 1.08 bits per heavy atom. The highest BCUT2D eigenvalue weighted by Gasteiger charge is 2.13. The molecule has 0 aliphatic rings. The van der Waals surface area contributed by atoms with Crippen molar-refractivity contribution in [1.82, 2.24) is 0 Å². The first-order valence-corrected chi connectivity index (χ1v) is 7.71. The Hall–Kier alpha value is -2.69. The van der Waals surface area contributed by atoms with Crippen LogP contribution in [0.1, 0.15) is 41.5 Å². The largest absolute Gasteiger partial charge is 0.491 e. The van der Waals surface area contributed by atoms with Gasteiger partial charge in [0.1, 0.15) is 11.6 Å². The molecule has 1 amide bonds. The maximum absolute atomic E-state index is 13.0. The second-order valence-electron chi connectivity index (χ2n) is 5.93. The summed E-state index contributed by atoms with van der Waals surface area (Å²) in [5.41, 5.74) is 1.21. The predicted molar refractivity (Wildman–Crippen MR) is 91.1 cm³/mol. The molecule has 2 aromatic rings. The molecule has 2 rings (SSSR count). The Bertz CT molecular complexity index is 739. The Morgan fingerprint density at radius 3 is 2.29 bits per heavy atom. The maximum Gasteiger partial charge on any atom is 0.255 e. The molecule has 0 aliphatic carbocycles. The molecule has 0 radical (unpaired) electrons. The summed E-state index contributed by atoms with van der Waals surface area (Å²) in [7, 11) is 0. The molecule has 0 bridgehead atoms. The molecule has 126 valence electrons. The molecule has 0 saturated heterocycles. The summed E-state index contributed by atoms with van der Waals surface area (Å²) >= 11 is 0. The van der Waals surface area contributed by atoms with E-state index in [1.54, 1.807) is 18.2 Å². The molecular formula is C19H20FNO3. The number of amides is 1. The van der Waals surface area contributed by atoms with Crippen molar-refractivity contribution in [2.24, 2.45) is 5.92 Å².